The summed E-state index contributed by atoms with van der Waals surface area (Å²) in [6.45, 7) is 0.213. The maximum atomic E-state index is 13.5. The van der Waals surface area contributed by atoms with E-state index in [1.54, 1.807) is 36.5 Å². The minimum atomic E-state index is -1.13. The first-order valence-electron chi connectivity index (χ1n) is 11.5. The molecule has 1 N–H and O–H groups in total. The molecule has 4 rings (SSSR count). The number of Topliss-reactive ketones (excluding diaryl/α,β-unsaturated/α-hetero) is 1. The molecule has 0 spiro atoms. The Morgan fingerprint density at radius 2 is 1.97 bits per heavy atom. The fourth-order valence-corrected chi connectivity index (χ4v) is 4.46. The van der Waals surface area contributed by atoms with Crippen LogP contribution in [0.25, 0.3) is 16.6 Å². The summed E-state index contributed by atoms with van der Waals surface area (Å²) in [4.78, 5) is 38.3. The Morgan fingerprint density at radius 1 is 1.18 bits per heavy atom. The standard InChI is InChI=1S/C27H23ClN4O6/c1-37-8-6-22(24(33)10-16-5-7-32-23(9-16)21(14-30-32)27(35)36)31-15-25(38-2)20(12-26(31)34)19-11-18(28)4-3-17(19)13-29/h3-5,7,9,11-12,14-15,22H,6,8,10H2,1-2H3,(H,35,36). The Morgan fingerprint density at radius 3 is 2.66 bits per heavy atom. The topological polar surface area (TPSA) is 136 Å². The lowest BCUT2D eigenvalue weighted by molar-refractivity contribution is -0.122. The lowest BCUT2D eigenvalue weighted by Gasteiger charge is -2.21. The monoisotopic (exact) mass is 534 g/mol. The van der Waals surface area contributed by atoms with E-state index >= 15 is 0 Å². The number of ketones is 1. The summed E-state index contributed by atoms with van der Waals surface area (Å²) >= 11 is 6.14. The number of ether oxygens (including phenoxy) is 2. The molecule has 38 heavy (non-hydrogen) atoms. The number of nitriles is 1. The molecule has 0 radical (unpaired) electrons. The number of nitrogens with zero attached hydrogens (tertiary/aromatic N) is 4. The van der Waals surface area contributed by atoms with E-state index in [2.05, 4.69) is 11.2 Å². The van der Waals surface area contributed by atoms with Crippen LogP contribution in [0.3, 0.4) is 0 Å². The number of carbonyl (C=O) groups excluding carboxylic acids is 1. The molecule has 0 aliphatic rings. The molecule has 4 aromatic rings. The molecule has 0 amide bonds. The Labute approximate surface area is 222 Å². The highest BCUT2D eigenvalue weighted by Gasteiger charge is 2.24. The molecule has 0 saturated carbocycles. The Bertz CT molecular complexity index is 1640. The van der Waals surface area contributed by atoms with Crippen molar-refractivity contribution in [2.45, 2.75) is 18.9 Å². The number of carboxylic acids is 1. The van der Waals surface area contributed by atoms with Gasteiger partial charge in [-0.05, 0) is 42.3 Å². The van der Waals surface area contributed by atoms with Gasteiger partial charge in [0.25, 0.3) is 5.56 Å². The van der Waals surface area contributed by atoms with Crippen molar-refractivity contribution in [3.05, 3.63) is 87.1 Å². The van der Waals surface area contributed by atoms with Gasteiger partial charge in [-0.15, -0.1) is 0 Å². The van der Waals surface area contributed by atoms with Gasteiger partial charge in [-0.2, -0.15) is 10.4 Å². The van der Waals surface area contributed by atoms with Crippen molar-refractivity contribution in [3.8, 4) is 22.9 Å². The molecule has 0 saturated heterocycles. The van der Waals surface area contributed by atoms with E-state index in [-0.39, 0.29) is 36.5 Å². The number of pyridine rings is 2. The normalized spacial score (nSPS) is 11.7. The van der Waals surface area contributed by atoms with E-state index in [1.165, 1.54) is 41.8 Å². The molecule has 194 valence electrons. The van der Waals surface area contributed by atoms with E-state index in [0.29, 0.717) is 32.8 Å². The highest BCUT2D eigenvalue weighted by atomic mass is 35.5. The van der Waals surface area contributed by atoms with Crippen LogP contribution >= 0.6 is 11.6 Å². The summed E-state index contributed by atoms with van der Waals surface area (Å²) in [5.41, 5.74) is 1.59. The lowest BCUT2D eigenvalue weighted by Crippen LogP contribution is -2.31. The summed E-state index contributed by atoms with van der Waals surface area (Å²) in [7, 11) is 2.93. The first-order valence-corrected chi connectivity index (χ1v) is 11.9. The first kappa shape index (κ1) is 26.6. The molecular formula is C27H23ClN4O6. The van der Waals surface area contributed by atoms with Crippen molar-refractivity contribution in [1.82, 2.24) is 14.2 Å². The second-order valence-electron chi connectivity index (χ2n) is 8.47. The van der Waals surface area contributed by atoms with Crippen molar-refractivity contribution in [1.29, 1.82) is 5.26 Å². The van der Waals surface area contributed by atoms with Crippen LogP contribution in [0.4, 0.5) is 0 Å². The van der Waals surface area contributed by atoms with Gasteiger partial charge in [-0.1, -0.05) is 11.6 Å². The van der Waals surface area contributed by atoms with Gasteiger partial charge in [0.1, 0.15) is 11.3 Å². The van der Waals surface area contributed by atoms with Crippen LogP contribution in [-0.4, -0.2) is 51.9 Å². The quantitative estimate of drug-likeness (QED) is 0.324. The van der Waals surface area contributed by atoms with Crippen LogP contribution in [0.15, 0.2) is 59.8 Å². The lowest BCUT2D eigenvalue weighted by atomic mass is 9.99. The molecule has 1 unspecified atom stereocenters. The van der Waals surface area contributed by atoms with Crippen molar-refractivity contribution in [3.63, 3.8) is 0 Å². The van der Waals surface area contributed by atoms with Gasteiger partial charge in [0.15, 0.2) is 5.78 Å². The van der Waals surface area contributed by atoms with Gasteiger partial charge in [0.05, 0.1) is 42.7 Å². The fraction of sp³-hybridized carbons (Fsp3) is 0.222. The molecule has 0 fully saturated rings. The van der Waals surface area contributed by atoms with E-state index in [4.69, 9.17) is 21.1 Å². The molecule has 10 nitrogen and oxygen atoms in total. The van der Waals surface area contributed by atoms with Gasteiger partial charge >= 0.3 is 5.97 Å². The van der Waals surface area contributed by atoms with Gasteiger partial charge in [0.2, 0.25) is 0 Å². The summed E-state index contributed by atoms with van der Waals surface area (Å²) in [6.07, 6.45) is 4.43. The molecule has 1 atom stereocenters. The van der Waals surface area contributed by atoms with Crippen molar-refractivity contribution < 1.29 is 24.2 Å². The summed E-state index contributed by atoms with van der Waals surface area (Å²) in [5.74, 6) is -1.12. The van der Waals surface area contributed by atoms with Crippen molar-refractivity contribution in [2.24, 2.45) is 0 Å². The van der Waals surface area contributed by atoms with Crippen LogP contribution in [0, 0.1) is 11.3 Å². The molecule has 3 aromatic heterocycles. The highest BCUT2D eigenvalue weighted by Crippen LogP contribution is 2.33. The zero-order valence-electron chi connectivity index (χ0n) is 20.6. The number of carbonyl (C=O) groups is 2. The fourth-order valence-electron chi connectivity index (χ4n) is 4.28. The predicted molar refractivity (Wildman–Crippen MR) is 139 cm³/mol. The van der Waals surface area contributed by atoms with E-state index in [0.717, 1.165) is 0 Å². The van der Waals surface area contributed by atoms with Gasteiger partial charge in [-0.25, -0.2) is 9.31 Å². The van der Waals surface area contributed by atoms with Crippen molar-refractivity contribution >= 4 is 28.9 Å². The Balaban J connectivity index is 1.74. The number of aromatic nitrogens is 3. The number of rotatable bonds is 10. The van der Waals surface area contributed by atoms with Crippen LogP contribution in [0.5, 0.6) is 5.75 Å². The summed E-state index contributed by atoms with van der Waals surface area (Å²) in [6, 6.07) is 10.5. The minimum absolute atomic E-state index is 0.0181. The van der Waals surface area contributed by atoms with Crippen molar-refractivity contribution in [2.75, 3.05) is 20.8 Å². The third-order valence-electron chi connectivity index (χ3n) is 6.15. The van der Waals surface area contributed by atoms with Crippen LogP contribution < -0.4 is 10.3 Å². The van der Waals surface area contributed by atoms with Crippen LogP contribution in [0.1, 0.15) is 33.9 Å². The number of fused-ring (bicyclic) bond motifs is 1. The number of hydrogen-bond acceptors (Lipinski definition) is 7. The second-order valence-corrected chi connectivity index (χ2v) is 8.91. The maximum Gasteiger partial charge on any atom is 0.339 e. The largest absolute Gasteiger partial charge is 0.495 e. The highest BCUT2D eigenvalue weighted by molar-refractivity contribution is 6.31. The molecule has 11 heteroatoms. The Kier molecular flexibility index (Phi) is 7.90. The third kappa shape index (κ3) is 5.29. The molecule has 1 aromatic carbocycles. The number of aromatic carboxylic acids is 1. The average molecular weight is 535 g/mol. The van der Waals surface area contributed by atoms with Crippen LogP contribution in [-0.2, 0) is 16.0 Å². The van der Waals surface area contributed by atoms with E-state index in [9.17, 15) is 24.8 Å². The Hall–Kier alpha value is -4.46. The van der Waals surface area contributed by atoms with Gasteiger partial charge < -0.3 is 19.1 Å². The minimum Gasteiger partial charge on any atom is -0.495 e. The molecule has 0 bridgehead atoms. The third-order valence-corrected chi connectivity index (χ3v) is 6.39. The van der Waals surface area contributed by atoms with Crippen LogP contribution in [0.2, 0.25) is 5.02 Å². The average Bonchev–Trinajstić information content (AvgIpc) is 3.33. The van der Waals surface area contributed by atoms with Gasteiger partial charge in [0, 0.05) is 48.6 Å². The number of carboxylic acid groups (broad SMARTS) is 1. The number of halogens is 1. The van der Waals surface area contributed by atoms with Gasteiger partial charge in [-0.3, -0.25) is 9.59 Å². The molecular weight excluding hydrogens is 512 g/mol. The molecule has 3 heterocycles. The SMILES string of the molecule is COCCC(C(=O)Cc1ccn2ncc(C(=O)O)c2c1)n1cc(OC)c(-c2cc(Cl)ccc2C#N)cc1=O. The maximum absolute atomic E-state index is 13.5. The van der Waals surface area contributed by atoms with E-state index < -0.39 is 17.6 Å². The first-order chi connectivity index (χ1) is 18.3. The summed E-state index contributed by atoms with van der Waals surface area (Å²) < 4.78 is 13.4. The zero-order valence-corrected chi connectivity index (χ0v) is 21.3. The smallest absolute Gasteiger partial charge is 0.339 e. The second kappa shape index (κ2) is 11.3. The molecule has 0 aliphatic carbocycles. The van der Waals surface area contributed by atoms with E-state index in [1.807, 2.05) is 0 Å². The predicted octanol–water partition coefficient (Wildman–Crippen LogP) is 3.78. The molecule has 0 aliphatic heterocycles. The number of hydrogen-bond donors (Lipinski definition) is 1. The zero-order chi connectivity index (χ0) is 27.4. The number of methoxy groups -OCH3 is 2. The summed E-state index contributed by atoms with van der Waals surface area (Å²) in [5, 5.41) is 23.3. The number of benzene rings is 1.